The number of amides is 1. The van der Waals surface area contributed by atoms with Gasteiger partial charge in [-0.05, 0) is 29.7 Å². The molecule has 0 aromatic heterocycles. The first kappa shape index (κ1) is 17.2. The van der Waals surface area contributed by atoms with Crippen molar-refractivity contribution in [1.82, 2.24) is 4.90 Å². The first-order valence-electron chi connectivity index (χ1n) is 8.06. The van der Waals surface area contributed by atoms with E-state index in [1.54, 1.807) is 12.1 Å². The summed E-state index contributed by atoms with van der Waals surface area (Å²) in [6.07, 6.45) is 1.54. The van der Waals surface area contributed by atoms with Gasteiger partial charge in [-0.2, -0.15) is 0 Å². The van der Waals surface area contributed by atoms with E-state index in [1.807, 2.05) is 29.2 Å². The molecule has 0 bridgehead atoms. The van der Waals surface area contributed by atoms with Crippen molar-refractivity contribution in [2.45, 2.75) is 25.9 Å². The number of rotatable bonds is 6. The number of hydrogen-bond donors (Lipinski definition) is 1. The van der Waals surface area contributed by atoms with Crippen LogP contribution < -0.4 is 5.32 Å². The van der Waals surface area contributed by atoms with Crippen LogP contribution in [0.4, 0.5) is 11.4 Å². The Balaban J connectivity index is 1.69. The van der Waals surface area contributed by atoms with Gasteiger partial charge in [0.2, 0.25) is 5.91 Å². The van der Waals surface area contributed by atoms with Crippen LogP contribution >= 0.6 is 11.6 Å². The maximum atomic E-state index is 11.7. The van der Waals surface area contributed by atoms with Crippen molar-refractivity contribution in [1.29, 1.82) is 0 Å². The SMILES string of the molecule is O=C1CCCN1Cc1cccc(CNc2ccc(Cl)cc2[N+](=O)[O-])c1. The Labute approximate surface area is 150 Å². The Kier molecular flexibility index (Phi) is 5.19. The monoisotopic (exact) mass is 359 g/mol. The van der Waals surface area contributed by atoms with Crippen molar-refractivity contribution in [2.75, 3.05) is 11.9 Å². The molecular formula is C18H18ClN3O3. The molecule has 0 radical (unpaired) electrons. The Morgan fingerprint density at radius 1 is 1.20 bits per heavy atom. The second-order valence-electron chi connectivity index (χ2n) is 6.01. The van der Waals surface area contributed by atoms with Gasteiger partial charge in [0.05, 0.1) is 4.92 Å². The Hall–Kier alpha value is -2.60. The highest BCUT2D eigenvalue weighted by Crippen LogP contribution is 2.28. The van der Waals surface area contributed by atoms with Crippen LogP contribution in [0, 0.1) is 10.1 Å². The standard InChI is InChI=1S/C18H18ClN3O3/c19-15-6-7-16(17(10-15)22(24)25)20-11-13-3-1-4-14(9-13)12-21-8-2-5-18(21)23/h1,3-4,6-7,9-10,20H,2,5,8,11-12H2. The predicted octanol–water partition coefficient (Wildman–Crippen LogP) is 3.98. The van der Waals surface area contributed by atoms with E-state index in [2.05, 4.69) is 5.32 Å². The zero-order chi connectivity index (χ0) is 17.8. The Morgan fingerprint density at radius 2 is 2.00 bits per heavy atom. The number of anilines is 1. The van der Waals surface area contributed by atoms with Crippen molar-refractivity contribution >= 4 is 28.9 Å². The van der Waals surface area contributed by atoms with Gasteiger partial charge < -0.3 is 10.2 Å². The fourth-order valence-corrected chi connectivity index (χ4v) is 3.10. The zero-order valence-corrected chi connectivity index (χ0v) is 14.3. The molecule has 0 spiro atoms. The van der Waals surface area contributed by atoms with Gasteiger partial charge in [0, 0.05) is 37.1 Å². The fraction of sp³-hybridized carbons (Fsp3) is 0.278. The van der Waals surface area contributed by atoms with E-state index in [-0.39, 0.29) is 11.6 Å². The summed E-state index contributed by atoms with van der Waals surface area (Å²) < 4.78 is 0. The summed E-state index contributed by atoms with van der Waals surface area (Å²) in [5.41, 5.74) is 2.43. The molecule has 0 atom stereocenters. The highest BCUT2D eigenvalue weighted by atomic mass is 35.5. The third kappa shape index (κ3) is 4.28. The molecule has 1 N–H and O–H groups in total. The second kappa shape index (κ2) is 7.53. The molecule has 130 valence electrons. The molecule has 2 aromatic carbocycles. The maximum absolute atomic E-state index is 11.7. The van der Waals surface area contributed by atoms with Crippen LogP contribution in [-0.4, -0.2) is 22.3 Å². The number of nitrogens with one attached hydrogen (secondary N) is 1. The molecule has 2 aromatic rings. The summed E-state index contributed by atoms with van der Waals surface area (Å²) in [6, 6.07) is 12.4. The molecule has 1 saturated heterocycles. The molecule has 6 nitrogen and oxygen atoms in total. The van der Waals surface area contributed by atoms with Crippen LogP contribution in [0.15, 0.2) is 42.5 Å². The Bertz CT molecular complexity index is 810. The van der Waals surface area contributed by atoms with Crippen LogP contribution in [-0.2, 0) is 17.9 Å². The van der Waals surface area contributed by atoms with Crippen LogP contribution in [0.1, 0.15) is 24.0 Å². The number of likely N-dealkylation sites (tertiary alicyclic amines) is 1. The van der Waals surface area contributed by atoms with Gasteiger partial charge in [-0.1, -0.05) is 35.9 Å². The lowest BCUT2D eigenvalue weighted by molar-refractivity contribution is -0.383. The quantitative estimate of drug-likeness (QED) is 0.625. The highest BCUT2D eigenvalue weighted by molar-refractivity contribution is 6.30. The van der Waals surface area contributed by atoms with Crippen LogP contribution in [0.25, 0.3) is 0 Å². The Morgan fingerprint density at radius 3 is 2.72 bits per heavy atom. The minimum absolute atomic E-state index is 0.0497. The van der Waals surface area contributed by atoms with E-state index < -0.39 is 4.92 Å². The highest BCUT2D eigenvalue weighted by Gasteiger charge is 2.20. The van der Waals surface area contributed by atoms with Crippen molar-refractivity contribution in [2.24, 2.45) is 0 Å². The molecule has 1 fully saturated rings. The van der Waals surface area contributed by atoms with E-state index in [0.717, 1.165) is 24.1 Å². The molecule has 7 heteroatoms. The average Bonchev–Trinajstić information content (AvgIpc) is 2.99. The van der Waals surface area contributed by atoms with Crippen molar-refractivity contribution < 1.29 is 9.72 Å². The van der Waals surface area contributed by atoms with Gasteiger partial charge in [0.1, 0.15) is 5.69 Å². The van der Waals surface area contributed by atoms with Gasteiger partial charge in [-0.15, -0.1) is 0 Å². The summed E-state index contributed by atoms with van der Waals surface area (Å²) >= 11 is 5.83. The number of nitro groups is 1. The van der Waals surface area contributed by atoms with Gasteiger partial charge in [-0.25, -0.2) is 0 Å². The van der Waals surface area contributed by atoms with Crippen molar-refractivity contribution in [3.63, 3.8) is 0 Å². The number of halogens is 1. The van der Waals surface area contributed by atoms with Gasteiger partial charge in [-0.3, -0.25) is 14.9 Å². The summed E-state index contributed by atoms with van der Waals surface area (Å²) in [5.74, 6) is 0.195. The minimum Gasteiger partial charge on any atom is -0.375 e. The second-order valence-corrected chi connectivity index (χ2v) is 6.45. The molecule has 1 aliphatic heterocycles. The topological polar surface area (TPSA) is 75.5 Å². The van der Waals surface area contributed by atoms with Crippen LogP contribution in [0.3, 0.4) is 0 Å². The predicted molar refractivity (Wildman–Crippen MR) is 96.5 cm³/mol. The molecule has 3 rings (SSSR count). The lowest BCUT2D eigenvalue weighted by Gasteiger charge is -2.16. The number of nitrogens with zero attached hydrogens (tertiary/aromatic N) is 2. The molecule has 25 heavy (non-hydrogen) atoms. The first-order valence-corrected chi connectivity index (χ1v) is 8.44. The summed E-state index contributed by atoms with van der Waals surface area (Å²) in [4.78, 5) is 24.3. The summed E-state index contributed by atoms with van der Waals surface area (Å²) in [7, 11) is 0. The van der Waals surface area contributed by atoms with Crippen molar-refractivity contribution in [3.05, 3.63) is 68.7 Å². The molecular weight excluding hydrogens is 342 g/mol. The average molecular weight is 360 g/mol. The number of carbonyl (C=O) groups is 1. The molecule has 1 heterocycles. The molecule has 0 unspecified atom stereocenters. The zero-order valence-electron chi connectivity index (χ0n) is 13.6. The fourth-order valence-electron chi connectivity index (χ4n) is 2.93. The minimum atomic E-state index is -0.455. The maximum Gasteiger partial charge on any atom is 0.293 e. The smallest absolute Gasteiger partial charge is 0.293 e. The van der Waals surface area contributed by atoms with Gasteiger partial charge in [0.25, 0.3) is 5.69 Å². The normalized spacial score (nSPS) is 14.0. The van der Waals surface area contributed by atoms with E-state index in [4.69, 9.17) is 11.6 Å². The summed E-state index contributed by atoms with van der Waals surface area (Å²) in [6.45, 7) is 1.86. The number of nitro benzene ring substituents is 1. The third-order valence-electron chi connectivity index (χ3n) is 4.18. The summed E-state index contributed by atoms with van der Waals surface area (Å²) in [5, 5.41) is 14.5. The largest absolute Gasteiger partial charge is 0.375 e. The molecule has 1 amide bonds. The van der Waals surface area contributed by atoms with Crippen LogP contribution in [0.5, 0.6) is 0 Å². The number of hydrogen-bond acceptors (Lipinski definition) is 4. The lowest BCUT2D eigenvalue weighted by Crippen LogP contribution is -2.23. The van der Waals surface area contributed by atoms with Gasteiger partial charge in [0.15, 0.2) is 0 Å². The molecule has 0 aliphatic carbocycles. The third-order valence-corrected chi connectivity index (χ3v) is 4.41. The van der Waals surface area contributed by atoms with Crippen molar-refractivity contribution in [3.8, 4) is 0 Å². The van der Waals surface area contributed by atoms with Crippen LogP contribution in [0.2, 0.25) is 5.02 Å². The van der Waals surface area contributed by atoms with E-state index in [9.17, 15) is 14.9 Å². The molecule has 1 aliphatic rings. The van der Waals surface area contributed by atoms with E-state index >= 15 is 0 Å². The van der Waals surface area contributed by atoms with Gasteiger partial charge >= 0.3 is 0 Å². The van der Waals surface area contributed by atoms with E-state index in [1.165, 1.54) is 6.07 Å². The lowest BCUT2D eigenvalue weighted by atomic mass is 10.1. The number of benzene rings is 2. The number of carbonyl (C=O) groups excluding carboxylic acids is 1. The van der Waals surface area contributed by atoms with E-state index in [0.29, 0.717) is 30.2 Å². The first-order chi connectivity index (χ1) is 12.0. The molecule has 0 saturated carbocycles.